The Morgan fingerprint density at radius 2 is 1.69 bits per heavy atom. The molecular formula is C12H14O4. The van der Waals surface area contributed by atoms with Gasteiger partial charge >= 0.3 is 5.97 Å². The number of carbonyl (C=O) groups is 2. The highest BCUT2D eigenvalue weighted by atomic mass is 16.4. The highest BCUT2D eigenvalue weighted by Crippen LogP contribution is 2.13. The van der Waals surface area contributed by atoms with Crippen LogP contribution in [0.5, 0.6) is 0 Å². The lowest BCUT2D eigenvalue weighted by molar-refractivity contribution is -0.136. The summed E-state index contributed by atoms with van der Waals surface area (Å²) in [5, 5.41) is 18.1. The van der Waals surface area contributed by atoms with Gasteiger partial charge in [-0.2, -0.15) is 0 Å². The van der Waals surface area contributed by atoms with Crippen LogP contribution in [-0.2, 0) is 11.2 Å². The first-order valence-corrected chi connectivity index (χ1v) is 4.88. The van der Waals surface area contributed by atoms with E-state index in [4.69, 9.17) is 5.11 Å². The van der Waals surface area contributed by atoms with E-state index in [1.54, 1.807) is 12.1 Å². The number of hydrogen-bond acceptors (Lipinski definition) is 3. The van der Waals surface area contributed by atoms with E-state index in [9.17, 15) is 14.7 Å². The van der Waals surface area contributed by atoms with Crippen LogP contribution >= 0.6 is 0 Å². The Hall–Kier alpha value is -1.68. The van der Waals surface area contributed by atoms with Crippen molar-refractivity contribution in [2.45, 2.75) is 25.9 Å². The standard InChI is InChI=1S/C12H14O4/c1-12(2,16)11(15)9-5-3-8(4-6-9)7-10(13)14/h3-6,16H,7H2,1-2H3,(H,13,14). The van der Waals surface area contributed by atoms with Gasteiger partial charge in [0.25, 0.3) is 0 Å². The fraction of sp³-hybridized carbons (Fsp3) is 0.333. The summed E-state index contributed by atoms with van der Waals surface area (Å²) in [6.45, 7) is 2.83. The van der Waals surface area contributed by atoms with Crippen LogP contribution in [-0.4, -0.2) is 27.6 Å². The van der Waals surface area contributed by atoms with E-state index in [-0.39, 0.29) is 12.2 Å². The molecule has 0 saturated carbocycles. The molecule has 0 aromatic heterocycles. The number of carboxylic acid groups (broad SMARTS) is 1. The van der Waals surface area contributed by atoms with Crippen molar-refractivity contribution in [2.75, 3.05) is 0 Å². The Balaban J connectivity index is 2.87. The quantitative estimate of drug-likeness (QED) is 0.752. The van der Waals surface area contributed by atoms with Crippen molar-refractivity contribution in [1.82, 2.24) is 0 Å². The lowest BCUT2D eigenvalue weighted by Gasteiger charge is -2.15. The van der Waals surface area contributed by atoms with Crippen LogP contribution in [0, 0.1) is 0 Å². The Morgan fingerprint density at radius 3 is 2.06 bits per heavy atom. The SMILES string of the molecule is CC(C)(O)C(=O)c1ccc(CC(=O)O)cc1. The molecule has 86 valence electrons. The molecule has 1 rings (SSSR count). The molecular weight excluding hydrogens is 208 g/mol. The van der Waals surface area contributed by atoms with Gasteiger partial charge in [0.2, 0.25) is 0 Å². The van der Waals surface area contributed by atoms with Gasteiger partial charge in [-0.25, -0.2) is 0 Å². The molecule has 2 N–H and O–H groups in total. The molecule has 0 bridgehead atoms. The summed E-state index contributed by atoms with van der Waals surface area (Å²) >= 11 is 0. The number of carboxylic acids is 1. The molecule has 4 heteroatoms. The van der Waals surface area contributed by atoms with Gasteiger partial charge in [0.1, 0.15) is 5.60 Å². The topological polar surface area (TPSA) is 74.6 Å². The number of hydrogen-bond donors (Lipinski definition) is 2. The highest BCUT2D eigenvalue weighted by molar-refractivity contribution is 6.01. The first-order chi connectivity index (χ1) is 7.30. The van der Waals surface area contributed by atoms with Crippen molar-refractivity contribution in [2.24, 2.45) is 0 Å². The molecule has 1 aromatic carbocycles. The maximum atomic E-state index is 11.6. The van der Waals surface area contributed by atoms with E-state index in [2.05, 4.69) is 0 Å². The van der Waals surface area contributed by atoms with Gasteiger partial charge in [-0.3, -0.25) is 9.59 Å². The third-order valence-electron chi connectivity index (χ3n) is 2.13. The number of carbonyl (C=O) groups excluding carboxylic acids is 1. The van der Waals surface area contributed by atoms with E-state index in [0.717, 1.165) is 0 Å². The first-order valence-electron chi connectivity index (χ1n) is 4.88. The minimum Gasteiger partial charge on any atom is -0.481 e. The molecule has 0 spiro atoms. The minimum atomic E-state index is -1.41. The van der Waals surface area contributed by atoms with Crippen LogP contribution in [0.25, 0.3) is 0 Å². The van der Waals surface area contributed by atoms with E-state index >= 15 is 0 Å². The molecule has 16 heavy (non-hydrogen) atoms. The number of aliphatic carboxylic acids is 1. The molecule has 1 aromatic rings. The smallest absolute Gasteiger partial charge is 0.307 e. The summed E-state index contributed by atoms with van der Waals surface area (Å²) in [5.41, 5.74) is -0.407. The Kier molecular flexibility index (Phi) is 3.44. The number of benzene rings is 1. The predicted molar refractivity (Wildman–Crippen MR) is 58.4 cm³/mol. The second-order valence-corrected chi connectivity index (χ2v) is 4.16. The Morgan fingerprint density at radius 1 is 1.19 bits per heavy atom. The third-order valence-corrected chi connectivity index (χ3v) is 2.13. The van der Waals surface area contributed by atoms with Gasteiger partial charge < -0.3 is 10.2 Å². The van der Waals surface area contributed by atoms with Crippen LogP contribution < -0.4 is 0 Å². The van der Waals surface area contributed by atoms with Crippen molar-refractivity contribution >= 4 is 11.8 Å². The van der Waals surface area contributed by atoms with Gasteiger partial charge in [0, 0.05) is 5.56 Å². The van der Waals surface area contributed by atoms with Crippen LogP contribution in [0.3, 0.4) is 0 Å². The number of Topliss-reactive ketones (excluding diaryl/α,β-unsaturated/α-hetero) is 1. The van der Waals surface area contributed by atoms with Crippen LogP contribution in [0.2, 0.25) is 0 Å². The average molecular weight is 222 g/mol. The molecule has 0 aliphatic carbocycles. The maximum absolute atomic E-state index is 11.6. The molecule has 0 saturated heterocycles. The third kappa shape index (κ3) is 3.17. The van der Waals surface area contributed by atoms with Crippen molar-refractivity contribution in [3.05, 3.63) is 35.4 Å². The zero-order valence-electron chi connectivity index (χ0n) is 9.23. The van der Waals surface area contributed by atoms with Crippen LogP contribution in [0.4, 0.5) is 0 Å². The largest absolute Gasteiger partial charge is 0.481 e. The van der Waals surface area contributed by atoms with Crippen molar-refractivity contribution in [3.63, 3.8) is 0 Å². The van der Waals surface area contributed by atoms with Gasteiger partial charge in [-0.05, 0) is 19.4 Å². The highest BCUT2D eigenvalue weighted by Gasteiger charge is 2.24. The summed E-state index contributed by atoms with van der Waals surface area (Å²) in [5.74, 6) is -1.30. The summed E-state index contributed by atoms with van der Waals surface area (Å²) in [6, 6.07) is 6.21. The van der Waals surface area contributed by atoms with Gasteiger partial charge in [-0.15, -0.1) is 0 Å². The average Bonchev–Trinajstić information content (AvgIpc) is 2.15. The van der Waals surface area contributed by atoms with Crippen LogP contribution in [0.15, 0.2) is 24.3 Å². The monoisotopic (exact) mass is 222 g/mol. The lowest BCUT2D eigenvalue weighted by Crippen LogP contribution is -2.31. The molecule has 0 radical (unpaired) electrons. The fourth-order valence-electron chi connectivity index (χ4n) is 1.30. The molecule has 0 fully saturated rings. The number of ketones is 1. The molecule has 0 amide bonds. The van der Waals surface area contributed by atoms with Crippen molar-refractivity contribution in [3.8, 4) is 0 Å². The Labute approximate surface area is 93.5 Å². The minimum absolute atomic E-state index is 0.0724. The van der Waals surface area contributed by atoms with Crippen molar-refractivity contribution < 1.29 is 19.8 Å². The summed E-state index contributed by atoms with van der Waals surface area (Å²) in [7, 11) is 0. The fourth-order valence-corrected chi connectivity index (χ4v) is 1.30. The molecule has 0 atom stereocenters. The summed E-state index contributed by atoms with van der Waals surface area (Å²) < 4.78 is 0. The number of aliphatic hydroxyl groups is 1. The summed E-state index contributed by atoms with van der Waals surface area (Å²) in [4.78, 5) is 22.1. The second-order valence-electron chi connectivity index (χ2n) is 4.16. The molecule has 0 aliphatic heterocycles. The first kappa shape index (κ1) is 12.4. The van der Waals surface area contributed by atoms with Crippen LogP contribution in [0.1, 0.15) is 29.8 Å². The molecule has 0 heterocycles. The normalized spacial score (nSPS) is 11.2. The zero-order chi connectivity index (χ0) is 12.3. The Bertz CT molecular complexity index is 398. The number of rotatable bonds is 4. The molecule has 0 aliphatic rings. The van der Waals surface area contributed by atoms with Gasteiger partial charge in [-0.1, -0.05) is 24.3 Å². The van der Waals surface area contributed by atoms with E-state index in [1.807, 2.05) is 0 Å². The van der Waals surface area contributed by atoms with Gasteiger partial charge in [0.05, 0.1) is 6.42 Å². The second kappa shape index (κ2) is 4.45. The van der Waals surface area contributed by atoms with Crippen molar-refractivity contribution in [1.29, 1.82) is 0 Å². The predicted octanol–water partition coefficient (Wildman–Crippen LogP) is 1.27. The maximum Gasteiger partial charge on any atom is 0.307 e. The zero-order valence-corrected chi connectivity index (χ0v) is 9.23. The van der Waals surface area contributed by atoms with E-state index in [0.29, 0.717) is 11.1 Å². The lowest BCUT2D eigenvalue weighted by atomic mass is 9.96. The summed E-state index contributed by atoms with van der Waals surface area (Å²) in [6.07, 6.45) is -0.0724. The van der Waals surface area contributed by atoms with Gasteiger partial charge in [0.15, 0.2) is 5.78 Å². The molecule has 0 unspecified atom stereocenters. The molecule has 4 nitrogen and oxygen atoms in total. The van der Waals surface area contributed by atoms with E-state index < -0.39 is 11.6 Å². The van der Waals surface area contributed by atoms with E-state index in [1.165, 1.54) is 26.0 Å².